The van der Waals surface area contributed by atoms with E-state index in [9.17, 15) is 13.2 Å². The van der Waals surface area contributed by atoms with Gasteiger partial charge in [0, 0.05) is 31.9 Å². The summed E-state index contributed by atoms with van der Waals surface area (Å²) in [5.41, 5.74) is -0.805. The molecule has 1 aliphatic rings. The summed E-state index contributed by atoms with van der Waals surface area (Å²) in [6.45, 7) is 7.78. The van der Waals surface area contributed by atoms with Crippen LogP contribution in [0.3, 0.4) is 0 Å². The van der Waals surface area contributed by atoms with Gasteiger partial charge in [0.1, 0.15) is 0 Å². The molecule has 1 aromatic heterocycles. The molecule has 0 aliphatic carbocycles. The average Bonchev–Trinajstić information content (AvgIpc) is 2.88. The maximum Gasteiger partial charge on any atom is 0.435 e. The molecule has 0 bridgehead atoms. The van der Waals surface area contributed by atoms with Gasteiger partial charge in [-0.3, -0.25) is 9.58 Å². The van der Waals surface area contributed by atoms with Crippen LogP contribution in [0, 0.1) is 0 Å². The molecular formula is C14H23F3N4. The Kier molecular flexibility index (Phi) is 5.27. The molecular weight excluding hydrogens is 281 g/mol. The van der Waals surface area contributed by atoms with Gasteiger partial charge in [-0.1, -0.05) is 13.8 Å². The molecule has 0 radical (unpaired) electrons. The van der Waals surface area contributed by atoms with E-state index in [1.807, 2.05) is 0 Å². The van der Waals surface area contributed by atoms with Crippen LogP contribution in [-0.4, -0.2) is 46.9 Å². The quantitative estimate of drug-likeness (QED) is 0.907. The van der Waals surface area contributed by atoms with Gasteiger partial charge in [0.25, 0.3) is 0 Å². The molecule has 120 valence electrons. The van der Waals surface area contributed by atoms with Crippen molar-refractivity contribution in [1.82, 2.24) is 20.0 Å². The zero-order valence-electron chi connectivity index (χ0n) is 12.5. The molecule has 21 heavy (non-hydrogen) atoms. The highest BCUT2D eigenvalue weighted by atomic mass is 19.4. The van der Waals surface area contributed by atoms with Gasteiger partial charge < -0.3 is 5.32 Å². The van der Waals surface area contributed by atoms with Crippen molar-refractivity contribution in [2.24, 2.45) is 0 Å². The largest absolute Gasteiger partial charge is 0.435 e. The first-order valence-corrected chi connectivity index (χ1v) is 7.44. The molecule has 4 nitrogen and oxygen atoms in total. The summed E-state index contributed by atoms with van der Waals surface area (Å²) in [5.74, 6) is 0. The van der Waals surface area contributed by atoms with Gasteiger partial charge in [0.2, 0.25) is 0 Å². The van der Waals surface area contributed by atoms with E-state index < -0.39 is 11.9 Å². The van der Waals surface area contributed by atoms with Crippen LogP contribution < -0.4 is 5.32 Å². The van der Waals surface area contributed by atoms with E-state index in [1.54, 1.807) is 0 Å². The highest BCUT2D eigenvalue weighted by Gasteiger charge is 2.34. The van der Waals surface area contributed by atoms with Gasteiger partial charge in [0.15, 0.2) is 5.69 Å². The number of nitrogens with zero attached hydrogens (tertiary/aromatic N) is 3. The fraction of sp³-hybridized carbons (Fsp3) is 0.786. The summed E-state index contributed by atoms with van der Waals surface area (Å²) < 4.78 is 39.3. The predicted octanol–water partition coefficient (Wildman–Crippen LogP) is 2.54. The predicted molar refractivity (Wildman–Crippen MR) is 75.1 cm³/mol. The molecule has 0 unspecified atom stereocenters. The topological polar surface area (TPSA) is 33.1 Å². The average molecular weight is 304 g/mol. The van der Waals surface area contributed by atoms with Crippen molar-refractivity contribution in [1.29, 1.82) is 0 Å². The standard InChI is InChI=1S/C14H23F3N4/c1-11(2)18-6-9-20-7-3-4-12(10-20)21-8-5-13(19-21)14(15,16)17/h5,8,11-12,18H,3-4,6-7,9-10H2,1-2H3/t12-/m1/s1. The Morgan fingerprint density at radius 2 is 2.19 bits per heavy atom. The highest BCUT2D eigenvalue weighted by molar-refractivity contribution is 5.04. The maximum atomic E-state index is 12.6. The van der Waals surface area contributed by atoms with Crippen LogP contribution in [0.5, 0.6) is 0 Å². The molecule has 2 rings (SSSR count). The molecule has 1 saturated heterocycles. The minimum atomic E-state index is -4.36. The lowest BCUT2D eigenvalue weighted by Gasteiger charge is -2.33. The highest BCUT2D eigenvalue weighted by Crippen LogP contribution is 2.29. The van der Waals surface area contributed by atoms with Crippen LogP contribution in [0.1, 0.15) is 38.4 Å². The number of hydrogen-bond donors (Lipinski definition) is 1. The normalized spacial score (nSPS) is 21.1. The van der Waals surface area contributed by atoms with E-state index in [1.165, 1.54) is 10.9 Å². The number of piperidine rings is 1. The lowest BCUT2D eigenvalue weighted by Crippen LogP contribution is -2.41. The van der Waals surface area contributed by atoms with E-state index in [0.717, 1.165) is 45.1 Å². The number of halogens is 3. The number of likely N-dealkylation sites (tertiary alicyclic amines) is 1. The summed E-state index contributed by atoms with van der Waals surface area (Å²) in [6.07, 6.45) is -1.04. The van der Waals surface area contributed by atoms with Gasteiger partial charge in [-0.2, -0.15) is 18.3 Å². The molecule has 0 amide bonds. The van der Waals surface area contributed by atoms with Crippen molar-refractivity contribution in [3.05, 3.63) is 18.0 Å². The molecule has 0 spiro atoms. The summed E-state index contributed by atoms with van der Waals surface area (Å²) in [4.78, 5) is 2.29. The van der Waals surface area contributed by atoms with Gasteiger partial charge in [-0.25, -0.2) is 0 Å². The van der Waals surface area contributed by atoms with Gasteiger partial charge in [-0.15, -0.1) is 0 Å². The van der Waals surface area contributed by atoms with Crippen LogP contribution in [0.25, 0.3) is 0 Å². The summed E-state index contributed by atoms with van der Waals surface area (Å²) in [5, 5.41) is 7.06. The molecule has 1 aromatic rings. The third kappa shape index (κ3) is 4.71. The zero-order chi connectivity index (χ0) is 15.5. The molecule has 7 heteroatoms. The SMILES string of the molecule is CC(C)NCCN1CCC[C@@H](n2ccc(C(F)(F)F)n2)C1. The molecule has 0 aromatic carbocycles. The van der Waals surface area contributed by atoms with E-state index in [-0.39, 0.29) is 6.04 Å². The molecule has 1 atom stereocenters. The number of rotatable bonds is 5. The smallest absolute Gasteiger partial charge is 0.313 e. The van der Waals surface area contributed by atoms with Crippen LogP contribution in [0.2, 0.25) is 0 Å². The van der Waals surface area contributed by atoms with Crippen LogP contribution in [-0.2, 0) is 6.18 Å². The lowest BCUT2D eigenvalue weighted by molar-refractivity contribution is -0.141. The Hall–Kier alpha value is -1.08. The minimum absolute atomic E-state index is 0.0360. The summed E-state index contributed by atoms with van der Waals surface area (Å²) in [6, 6.07) is 1.54. The Morgan fingerprint density at radius 1 is 1.43 bits per heavy atom. The first-order valence-electron chi connectivity index (χ1n) is 7.44. The Balaban J connectivity index is 1.90. The second-order valence-corrected chi connectivity index (χ2v) is 5.88. The van der Waals surface area contributed by atoms with Crippen LogP contribution in [0.4, 0.5) is 13.2 Å². The first kappa shape index (κ1) is 16.3. The van der Waals surface area contributed by atoms with Crippen LogP contribution >= 0.6 is 0 Å². The number of alkyl halides is 3. The number of aromatic nitrogens is 2. The lowest BCUT2D eigenvalue weighted by atomic mass is 10.1. The molecule has 1 fully saturated rings. The zero-order valence-corrected chi connectivity index (χ0v) is 12.5. The maximum absolute atomic E-state index is 12.6. The Morgan fingerprint density at radius 3 is 2.81 bits per heavy atom. The number of nitrogens with one attached hydrogen (secondary N) is 1. The van der Waals surface area contributed by atoms with Crippen molar-refractivity contribution in [3.63, 3.8) is 0 Å². The molecule has 2 heterocycles. The van der Waals surface area contributed by atoms with Crippen LogP contribution in [0.15, 0.2) is 12.3 Å². The van der Waals surface area contributed by atoms with Crippen molar-refractivity contribution < 1.29 is 13.2 Å². The van der Waals surface area contributed by atoms with Crippen molar-refractivity contribution in [2.75, 3.05) is 26.2 Å². The minimum Gasteiger partial charge on any atom is -0.313 e. The van der Waals surface area contributed by atoms with Gasteiger partial charge in [-0.05, 0) is 25.5 Å². The second kappa shape index (κ2) is 6.79. The number of hydrogen-bond acceptors (Lipinski definition) is 3. The summed E-state index contributed by atoms with van der Waals surface area (Å²) >= 11 is 0. The van der Waals surface area contributed by atoms with E-state index in [0.29, 0.717) is 6.04 Å². The van der Waals surface area contributed by atoms with Crippen molar-refractivity contribution >= 4 is 0 Å². The van der Waals surface area contributed by atoms with Gasteiger partial charge >= 0.3 is 6.18 Å². The molecule has 1 N–H and O–H groups in total. The molecule has 0 saturated carbocycles. The van der Waals surface area contributed by atoms with Crippen molar-refractivity contribution in [2.45, 2.75) is 44.9 Å². The van der Waals surface area contributed by atoms with E-state index in [2.05, 4.69) is 29.2 Å². The van der Waals surface area contributed by atoms with Crippen molar-refractivity contribution in [3.8, 4) is 0 Å². The van der Waals surface area contributed by atoms with E-state index >= 15 is 0 Å². The monoisotopic (exact) mass is 304 g/mol. The molecule has 1 aliphatic heterocycles. The first-order chi connectivity index (χ1) is 9.86. The fourth-order valence-electron chi connectivity index (χ4n) is 2.65. The van der Waals surface area contributed by atoms with E-state index in [4.69, 9.17) is 0 Å². The van der Waals surface area contributed by atoms with Gasteiger partial charge in [0.05, 0.1) is 6.04 Å². The Bertz CT molecular complexity index is 442. The second-order valence-electron chi connectivity index (χ2n) is 5.88. The third-order valence-electron chi connectivity index (χ3n) is 3.73. The summed E-state index contributed by atoms with van der Waals surface area (Å²) in [7, 11) is 0. The third-order valence-corrected chi connectivity index (χ3v) is 3.73. The Labute approximate surface area is 123 Å². The fourth-order valence-corrected chi connectivity index (χ4v) is 2.65.